The van der Waals surface area contributed by atoms with E-state index in [1.54, 1.807) is 37.5 Å². The van der Waals surface area contributed by atoms with Gasteiger partial charge in [0.15, 0.2) is 0 Å². The lowest BCUT2D eigenvalue weighted by Gasteiger charge is -2.11. The molecule has 2 N–H and O–H groups in total. The summed E-state index contributed by atoms with van der Waals surface area (Å²) in [5.41, 5.74) is 1.47. The van der Waals surface area contributed by atoms with Gasteiger partial charge in [-0.25, -0.2) is 12.4 Å². The fourth-order valence-corrected chi connectivity index (χ4v) is 4.74. The van der Waals surface area contributed by atoms with Gasteiger partial charge in [-0.3, -0.25) is 4.98 Å². The Labute approximate surface area is 182 Å². The topological polar surface area (TPSA) is 76.0 Å². The summed E-state index contributed by atoms with van der Waals surface area (Å²) in [6.07, 6.45) is -0.0808. The predicted molar refractivity (Wildman–Crippen MR) is 116 cm³/mol. The van der Waals surface area contributed by atoms with Crippen LogP contribution in [0.1, 0.15) is 11.1 Å². The molecule has 6 nitrogen and oxygen atoms in total. The molecule has 0 atom stereocenters. The van der Waals surface area contributed by atoms with Gasteiger partial charge in [0.05, 0.1) is 11.1 Å². The highest BCUT2D eigenvalue weighted by Gasteiger charge is 2.30. The Morgan fingerprint density at radius 2 is 1.75 bits per heavy atom. The number of hydrogen-bond donors (Lipinski definition) is 2. The third kappa shape index (κ3) is 4.19. The molecule has 2 heterocycles. The van der Waals surface area contributed by atoms with Crippen LogP contribution >= 0.6 is 0 Å². The molecule has 0 spiro atoms. The number of aromatic nitrogens is 2. The van der Waals surface area contributed by atoms with E-state index in [-0.39, 0.29) is 4.90 Å². The van der Waals surface area contributed by atoms with Crippen LogP contribution in [-0.4, -0.2) is 24.4 Å². The van der Waals surface area contributed by atoms with E-state index in [9.17, 15) is 21.6 Å². The highest BCUT2D eigenvalue weighted by molar-refractivity contribution is 7.90. The normalized spacial score (nSPS) is 12.2. The monoisotopic (exact) mass is 460 g/mol. The predicted octanol–water partition coefficient (Wildman–Crippen LogP) is 4.76. The first kappa shape index (κ1) is 21.8. The number of alkyl halides is 3. The quantitative estimate of drug-likeness (QED) is 0.434. The molecular formula is C22H19F3N4O2S. The number of rotatable bonds is 6. The van der Waals surface area contributed by atoms with Crippen LogP contribution in [0.4, 0.5) is 24.5 Å². The molecular weight excluding hydrogens is 441 g/mol. The van der Waals surface area contributed by atoms with Crippen molar-refractivity contribution in [2.24, 2.45) is 0 Å². The molecule has 10 heteroatoms. The van der Waals surface area contributed by atoms with Crippen molar-refractivity contribution in [1.82, 2.24) is 14.3 Å². The molecule has 0 aliphatic heterocycles. The summed E-state index contributed by atoms with van der Waals surface area (Å²) in [6.45, 7) is 0.456. The van der Waals surface area contributed by atoms with Crippen LogP contribution < -0.4 is 10.6 Å². The van der Waals surface area contributed by atoms with Crippen molar-refractivity contribution in [3.05, 3.63) is 84.3 Å². The van der Waals surface area contributed by atoms with Crippen molar-refractivity contribution >= 4 is 32.3 Å². The Bertz CT molecular complexity index is 1350. The van der Waals surface area contributed by atoms with Crippen LogP contribution in [0.25, 0.3) is 10.9 Å². The molecule has 2 aromatic carbocycles. The van der Waals surface area contributed by atoms with E-state index in [4.69, 9.17) is 0 Å². The number of hydrogen-bond acceptors (Lipinski definition) is 5. The lowest BCUT2D eigenvalue weighted by molar-refractivity contribution is -0.137. The van der Waals surface area contributed by atoms with E-state index < -0.39 is 21.8 Å². The second kappa shape index (κ2) is 8.29. The highest BCUT2D eigenvalue weighted by atomic mass is 32.2. The molecule has 4 aromatic rings. The molecule has 0 fully saturated rings. The molecule has 0 amide bonds. The van der Waals surface area contributed by atoms with Gasteiger partial charge in [-0.1, -0.05) is 6.07 Å². The Kier molecular flexibility index (Phi) is 5.66. The fourth-order valence-electron chi connectivity index (χ4n) is 3.40. The van der Waals surface area contributed by atoms with E-state index in [2.05, 4.69) is 15.6 Å². The summed E-state index contributed by atoms with van der Waals surface area (Å²) in [5, 5.41) is 6.80. The van der Waals surface area contributed by atoms with Crippen LogP contribution in [0, 0.1) is 0 Å². The van der Waals surface area contributed by atoms with Crippen LogP contribution in [0.15, 0.2) is 78.1 Å². The lowest BCUT2D eigenvalue weighted by Crippen LogP contribution is -2.12. The molecule has 0 bridgehead atoms. The Balaban J connectivity index is 1.77. The van der Waals surface area contributed by atoms with E-state index in [0.29, 0.717) is 23.4 Å². The van der Waals surface area contributed by atoms with E-state index in [1.807, 2.05) is 0 Å². The van der Waals surface area contributed by atoms with Crippen molar-refractivity contribution < 1.29 is 21.6 Å². The van der Waals surface area contributed by atoms with Gasteiger partial charge < -0.3 is 10.6 Å². The largest absolute Gasteiger partial charge is 0.416 e. The smallest absolute Gasteiger partial charge is 0.355 e. The van der Waals surface area contributed by atoms with Gasteiger partial charge in [-0.05, 0) is 61.1 Å². The summed E-state index contributed by atoms with van der Waals surface area (Å²) in [7, 11) is -2.14. The van der Waals surface area contributed by atoms with E-state index in [0.717, 1.165) is 23.1 Å². The average Bonchev–Trinajstić information content (AvgIpc) is 3.13. The average molecular weight is 460 g/mol. The first-order valence-electron chi connectivity index (χ1n) is 9.58. The highest BCUT2D eigenvalue weighted by Crippen LogP contribution is 2.32. The number of nitrogens with zero attached hydrogens (tertiary/aromatic N) is 2. The summed E-state index contributed by atoms with van der Waals surface area (Å²) in [6, 6.07) is 12.8. The van der Waals surface area contributed by atoms with Gasteiger partial charge >= 0.3 is 6.18 Å². The lowest BCUT2D eigenvalue weighted by atomic mass is 10.1. The second-order valence-electron chi connectivity index (χ2n) is 7.11. The van der Waals surface area contributed by atoms with Crippen molar-refractivity contribution in [2.45, 2.75) is 17.6 Å². The molecule has 4 rings (SSSR count). The minimum absolute atomic E-state index is 0.0500. The zero-order chi connectivity index (χ0) is 22.9. The minimum Gasteiger partial charge on any atom is -0.355 e. The zero-order valence-electron chi connectivity index (χ0n) is 16.9. The third-order valence-electron chi connectivity index (χ3n) is 4.91. The van der Waals surface area contributed by atoms with Gasteiger partial charge in [-0.2, -0.15) is 13.2 Å². The first-order valence-corrected chi connectivity index (χ1v) is 11.0. The van der Waals surface area contributed by atoms with Crippen LogP contribution in [-0.2, 0) is 22.7 Å². The number of pyridine rings is 1. The van der Waals surface area contributed by atoms with Crippen molar-refractivity contribution in [3.63, 3.8) is 0 Å². The van der Waals surface area contributed by atoms with Crippen LogP contribution in [0.2, 0.25) is 0 Å². The zero-order valence-corrected chi connectivity index (χ0v) is 17.7. The molecule has 0 saturated heterocycles. The number of anilines is 2. The summed E-state index contributed by atoms with van der Waals surface area (Å²) >= 11 is 0. The minimum atomic E-state index is -4.41. The number of benzene rings is 2. The van der Waals surface area contributed by atoms with Gasteiger partial charge in [0.2, 0.25) is 0 Å². The maximum absolute atomic E-state index is 13.2. The molecule has 0 aliphatic carbocycles. The summed E-state index contributed by atoms with van der Waals surface area (Å²) < 4.78 is 66.1. The molecule has 0 saturated carbocycles. The van der Waals surface area contributed by atoms with Crippen LogP contribution in [0.5, 0.6) is 0 Å². The fraction of sp³-hybridized carbons (Fsp3) is 0.136. The van der Waals surface area contributed by atoms with Crippen molar-refractivity contribution in [2.75, 3.05) is 12.4 Å². The van der Waals surface area contributed by atoms with E-state index >= 15 is 0 Å². The number of halogens is 3. The first-order chi connectivity index (χ1) is 15.2. The molecule has 32 heavy (non-hydrogen) atoms. The van der Waals surface area contributed by atoms with Crippen molar-refractivity contribution in [3.8, 4) is 0 Å². The molecule has 0 aliphatic rings. The van der Waals surface area contributed by atoms with Gasteiger partial charge in [0, 0.05) is 41.9 Å². The molecule has 0 radical (unpaired) electrons. The van der Waals surface area contributed by atoms with Crippen LogP contribution in [0.3, 0.4) is 0 Å². The Hall–Kier alpha value is -3.37. The second-order valence-corrected chi connectivity index (χ2v) is 8.92. The van der Waals surface area contributed by atoms with Gasteiger partial charge in [0.25, 0.3) is 10.0 Å². The number of nitrogens with one attached hydrogen (secondary N) is 2. The Morgan fingerprint density at radius 3 is 2.38 bits per heavy atom. The maximum atomic E-state index is 13.2. The maximum Gasteiger partial charge on any atom is 0.416 e. The molecule has 2 aromatic heterocycles. The SMILES string of the molecule is CNCc1cn(S(=O)(=O)c2cccnc2)c2cc(Nc3ccc(C(F)(F)F)cc3)ccc12. The standard InChI is InChI=1S/C22H19F3N4O2S/c1-26-12-15-14-29(32(30,31)19-3-2-10-27-13-19)21-11-18(8-9-20(15)21)28-17-6-4-16(5-7-17)22(23,24)25/h2-11,13-14,26,28H,12H2,1H3. The molecule has 0 unspecified atom stereocenters. The molecule has 166 valence electrons. The van der Waals surface area contributed by atoms with Gasteiger partial charge in [-0.15, -0.1) is 0 Å². The van der Waals surface area contributed by atoms with E-state index in [1.165, 1.54) is 34.6 Å². The summed E-state index contributed by atoms with van der Waals surface area (Å²) in [4.78, 5) is 3.95. The third-order valence-corrected chi connectivity index (χ3v) is 6.57. The Morgan fingerprint density at radius 1 is 1.03 bits per heavy atom. The van der Waals surface area contributed by atoms with Crippen molar-refractivity contribution in [1.29, 1.82) is 0 Å². The summed E-state index contributed by atoms with van der Waals surface area (Å²) in [5.74, 6) is 0. The van der Waals surface area contributed by atoms with Gasteiger partial charge in [0.1, 0.15) is 4.90 Å². The number of fused-ring (bicyclic) bond motifs is 1.